The maximum absolute atomic E-state index is 2.48. The molecule has 0 aliphatic heterocycles. The van der Waals surface area contributed by atoms with Crippen molar-refractivity contribution in [3.63, 3.8) is 0 Å². The maximum atomic E-state index is 2.48. The number of allylic oxidation sites excluding steroid dienone is 2. The minimum absolute atomic E-state index is 0.951. The number of hydrogen-bond acceptors (Lipinski definition) is 0. The molecule has 2 saturated carbocycles. The van der Waals surface area contributed by atoms with E-state index in [1.165, 1.54) is 18.4 Å². The first-order chi connectivity index (χ1) is 5.20. The van der Waals surface area contributed by atoms with Crippen molar-refractivity contribution in [1.82, 2.24) is 0 Å². The van der Waals surface area contributed by atoms with Gasteiger partial charge < -0.3 is 0 Å². The van der Waals surface area contributed by atoms with Gasteiger partial charge in [-0.2, -0.15) is 0 Å². The van der Waals surface area contributed by atoms with Gasteiger partial charge in [0.25, 0.3) is 0 Å². The van der Waals surface area contributed by atoms with Crippen LogP contribution in [0.15, 0.2) is 11.6 Å². The van der Waals surface area contributed by atoms with E-state index in [0.717, 1.165) is 23.7 Å². The minimum Gasteiger partial charge on any atom is -0.0822 e. The molecule has 11 heavy (non-hydrogen) atoms. The van der Waals surface area contributed by atoms with Crippen molar-refractivity contribution in [1.29, 1.82) is 0 Å². The zero-order valence-corrected chi connectivity index (χ0v) is 7.80. The summed E-state index contributed by atoms with van der Waals surface area (Å²) in [4.78, 5) is 0. The smallest absolute Gasteiger partial charge is 0.0169 e. The second-order valence-electron chi connectivity index (χ2n) is 4.60. The largest absolute Gasteiger partial charge is 0.0822 e. The fourth-order valence-electron chi connectivity index (χ4n) is 2.40. The van der Waals surface area contributed by atoms with Gasteiger partial charge in [0.2, 0.25) is 0 Å². The van der Waals surface area contributed by atoms with Crippen molar-refractivity contribution >= 4 is 0 Å². The van der Waals surface area contributed by atoms with Crippen LogP contribution < -0.4 is 0 Å². The molecule has 0 heteroatoms. The van der Waals surface area contributed by atoms with Crippen molar-refractivity contribution in [2.24, 2.45) is 23.7 Å². The van der Waals surface area contributed by atoms with Gasteiger partial charge >= 0.3 is 0 Å². The quantitative estimate of drug-likeness (QED) is 0.530. The van der Waals surface area contributed by atoms with Crippen LogP contribution in [0.4, 0.5) is 0 Å². The Kier molecular flexibility index (Phi) is 1.59. The second-order valence-corrected chi connectivity index (χ2v) is 4.60. The molecule has 2 aliphatic carbocycles. The summed E-state index contributed by atoms with van der Waals surface area (Å²) in [5.74, 6) is 4.14. The zero-order valence-electron chi connectivity index (χ0n) is 7.80. The lowest BCUT2D eigenvalue weighted by Crippen LogP contribution is -1.81. The molecule has 0 bridgehead atoms. The molecule has 0 heterocycles. The van der Waals surface area contributed by atoms with Crippen molar-refractivity contribution in [3.05, 3.63) is 11.6 Å². The molecule has 0 nitrogen and oxygen atoms in total. The second kappa shape index (κ2) is 2.36. The van der Waals surface area contributed by atoms with Crippen LogP contribution in [0.5, 0.6) is 0 Å². The van der Waals surface area contributed by atoms with Crippen LogP contribution in [-0.4, -0.2) is 0 Å². The highest BCUT2D eigenvalue weighted by Gasteiger charge is 2.52. The van der Waals surface area contributed by atoms with E-state index in [1.54, 1.807) is 0 Å². The summed E-state index contributed by atoms with van der Waals surface area (Å²) in [6.45, 7) is 6.84. The highest BCUT2D eigenvalue weighted by atomic mass is 14.6. The van der Waals surface area contributed by atoms with Gasteiger partial charge in [-0.1, -0.05) is 18.6 Å². The van der Waals surface area contributed by atoms with E-state index in [9.17, 15) is 0 Å². The average molecular weight is 150 g/mol. The van der Waals surface area contributed by atoms with Crippen molar-refractivity contribution in [3.8, 4) is 0 Å². The van der Waals surface area contributed by atoms with Crippen LogP contribution in [0.25, 0.3) is 0 Å². The average Bonchev–Trinajstić information content (AvgIpc) is 2.71. The molecule has 0 saturated heterocycles. The summed E-state index contributed by atoms with van der Waals surface area (Å²) in [6, 6.07) is 0. The van der Waals surface area contributed by atoms with Crippen LogP contribution in [0.1, 0.15) is 33.6 Å². The fourth-order valence-corrected chi connectivity index (χ4v) is 2.40. The van der Waals surface area contributed by atoms with Crippen LogP contribution >= 0.6 is 0 Å². The lowest BCUT2D eigenvalue weighted by atomic mass is 10.2. The first-order valence-corrected chi connectivity index (χ1v) is 4.85. The Hall–Kier alpha value is -0.260. The lowest BCUT2D eigenvalue weighted by molar-refractivity contribution is 0.647. The Morgan fingerprint density at radius 1 is 1.27 bits per heavy atom. The fraction of sp³-hybridized carbons (Fsp3) is 0.818. The Morgan fingerprint density at radius 2 is 1.91 bits per heavy atom. The normalized spacial score (nSPS) is 41.9. The Bertz CT molecular complexity index is 182. The molecular formula is C11H18. The SMILES string of the molecule is CC(C)=CC1C(C)C1C1CC1. The molecule has 0 aromatic carbocycles. The topological polar surface area (TPSA) is 0 Å². The third kappa shape index (κ3) is 1.36. The maximum Gasteiger partial charge on any atom is -0.0169 e. The molecule has 3 unspecified atom stereocenters. The lowest BCUT2D eigenvalue weighted by Gasteiger charge is -1.90. The van der Waals surface area contributed by atoms with Crippen molar-refractivity contribution in [2.75, 3.05) is 0 Å². The molecule has 0 amide bonds. The Morgan fingerprint density at radius 3 is 2.36 bits per heavy atom. The molecular weight excluding hydrogens is 132 g/mol. The van der Waals surface area contributed by atoms with Gasteiger partial charge in [0, 0.05) is 0 Å². The van der Waals surface area contributed by atoms with Crippen molar-refractivity contribution in [2.45, 2.75) is 33.6 Å². The van der Waals surface area contributed by atoms with Crippen LogP contribution in [0, 0.1) is 23.7 Å². The molecule has 2 aliphatic rings. The van der Waals surface area contributed by atoms with E-state index in [4.69, 9.17) is 0 Å². The standard InChI is InChI=1S/C11H18/c1-7(2)6-10-8(3)11(10)9-4-5-9/h6,8-11H,4-5H2,1-3H3. The van der Waals surface area contributed by atoms with Gasteiger partial charge in [0.05, 0.1) is 0 Å². The number of rotatable bonds is 2. The van der Waals surface area contributed by atoms with Crippen LogP contribution in [-0.2, 0) is 0 Å². The van der Waals surface area contributed by atoms with Gasteiger partial charge in [-0.3, -0.25) is 0 Å². The van der Waals surface area contributed by atoms with Crippen LogP contribution in [0.2, 0.25) is 0 Å². The molecule has 2 rings (SSSR count). The predicted octanol–water partition coefficient (Wildman–Crippen LogP) is 3.24. The van der Waals surface area contributed by atoms with Crippen LogP contribution in [0.3, 0.4) is 0 Å². The highest BCUT2D eigenvalue weighted by Crippen LogP contribution is 2.59. The van der Waals surface area contributed by atoms with E-state index < -0.39 is 0 Å². The van der Waals surface area contributed by atoms with Gasteiger partial charge in [0.1, 0.15) is 0 Å². The van der Waals surface area contributed by atoms with Gasteiger partial charge in [-0.15, -0.1) is 0 Å². The first-order valence-electron chi connectivity index (χ1n) is 4.85. The molecule has 0 N–H and O–H groups in total. The minimum atomic E-state index is 0.951. The third-order valence-corrected chi connectivity index (χ3v) is 3.21. The van der Waals surface area contributed by atoms with E-state index in [1.807, 2.05) is 0 Å². The van der Waals surface area contributed by atoms with Gasteiger partial charge in [-0.05, 0) is 50.4 Å². The van der Waals surface area contributed by atoms with E-state index >= 15 is 0 Å². The van der Waals surface area contributed by atoms with E-state index in [0.29, 0.717) is 0 Å². The molecule has 62 valence electrons. The van der Waals surface area contributed by atoms with Crippen molar-refractivity contribution < 1.29 is 0 Å². The summed E-state index contributed by atoms with van der Waals surface area (Å²) in [5.41, 5.74) is 1.50. The Labute approximate surface area is 69.7 Å². The highest BCUT2D eigenvalue weighted by molar-refractivity contribution is 5.14. The molecule has 0 radical (unpaired) electrons. The molecule has 3 atom stereocenters. The van der Waals surface area contributed by atoms with Gasteiger partial charge in [-0.25, -0.2) is 0 Å². The molecule has 0 aromatic heterocycles. The first kappa shape index (κ1) is 7.39. The van der Waals surface area contributed by atoms with E-state index in [2.05, 4.69) is 26.8 Å². The predicted molar refractivity (Wildman–Crippen MR) is 48.3 cm³/mol. The number of hydrogen-bond donors (Lipinski definition) is 0. The van der Waals surface area contributed by atoms with E-state index in [-0.39, 0.29) is 0 Å². The summed E-state index contributed by atoms with van der Waals surface area (Å²) < 4.78 is 0. The molecule has 0 aromatic rings. The molecule has 0 spiro atoms. The summed E-state index contributed by atoms with van der Waals surface area (Å²) in [6.07, 6.45) is 5.51. The zero-order chi connectivity index (χ0) is 8.01. The third-order valence-electron chi connectivity index (χ3n) is 3.21. The summed E-state index contributed by atoms with van der Waals surface area (Å²) in [7, 11) is 0. The summed E-state index contributed by atoms with van der Waals surface area (Å²) in [5, 5.41) is 0. The molecule has 2 fully saturated rings. The monoisotopic (exact) mass is 150 g/mol. The Balaban J connectivity index is 1.93. The summed E-state index contributed by atoms with van der Waals surface area (Å²) >= 11 is 0. The van der Waals surface area contributed by atoms with Gasteiger partial charge in [0.15, 0.2) is 0 Å².